The maximum absolute atomic E-state index is 12.0. The Morgan fingerprint density at radius 1 is 1.07 bits per heavy atom. The van der Waals surface area contributed by atoms with Crippen molar-refractivity contribution in [3.63, 3.8) is 0 Å². The highest BCUT2D eigenvalue weighted by atomic mass is 16.2. The number of rotatable bonds is 4. The van der Waals surface area contributed by atoms with Crippen molar-refractivity contribution in [2.45, 2.75) is 19.4 Å². The van der Waals surface area contributed by atoms with E-state index in [-0.39, 0.29) is 5.91 Å². The van der Waals surface area contributed by atoms with Crippen LogP contribution in [0.25, 0.3) is 5.57 Å². The number of allylic oxidation sites excluding steroid dienone is 1. The molecule has 1 aromatic carbocycles. The van der Waals surface area contributed by atoms with E-state index in [0.29, 0.717) is 18.8 Å². The van der Waals surface area contributed by atoms with Gasteiger partial charge in [0.25, 0.3) is 0 Å². The first-order valence-corrected chi connectivity index (χ1v) is 9.59. The van der Waals surface area contributed by atoms with Crippen LogP contribution in [0.3, 0.4) is 0 Å². The van der Waals surface area contributed by atoms with E-state index in [4.69, 9.17) is 5.84 Å². The number of nitrogens with two attached hydrogens (primary N) is 1. The number of fused-ring (bicyclic) bond motifs is 1. The zero-order valence-electron chi connectivity index (χ0n) is 15.8. The normalized spacial score (nSPS) is 18.3. The van der Waals surface area contributed by atoms with Crippen molar-refractivity contribution in [1.82, 2.24) is 20.5 Å². The van der Waals surface area contributed by atoms with Crippen molar-refractivity contribution in [3.05, 3.63) is 77.9 Å². The fourth-order valence-electron chi connectivity index (χ4n) is 3.77. The molecule has 8 nitrogen and oxygen atoms in total. The summed E-state index contributed by atoms with van der Waals surface area (Å²) in [7, 11) is 0. The molecule has 0 atom stereocenters. The van der Waals surface area contributed by atoms with Crippen molar-refractivity contribution >= 4 is 23.0 Å². The molecule has 2 aromatic rings. The van der Waals surface area contributed by atoms with Crippen molar-refractivity contribution in [1.29, 1.82) is 0 Å². The maximum atomic E-state index is 12.0. The van der Waals surface area contributed by atoms with Gasteiger partial charge in [-0.25, -0.2) is 16.4 Å². The summed E-state index contributed by atoms with van der Waals surface area (Å²) in [6, 6.07) is 15.8. The van der Waals surface area contributed by atoms with Gasteiger partial charge in [0.15, 0.2) is 0 Å². The SMILES string of the molecule is NN1C=C(c2ccccc2)C2=NNN(Cc3cccc(N4CCCC4=O)n3)C2=C1. The van der Waals surface area contributed by atoms with Crippen molar-refractivity contribution in [3.8, 4) is 0 Å². The molecular formula is C21H21N7O. The van der Waals surface area contributed by atoms with Crippen LogP contribution >= 0.6 is 0 Å². The lowest BCUT2D eigenvalue weighted by Gasteiger charge is -2.25. The Labute approximate surface area is 168 Å². The molecule has 0 saturated carbocycles. The predicted octanol–water partition coefficient (Wildman–Crippen LogP) is 1.96. The Balaban J connectivity index is 1.38. The Morgan fingerprint density at radius 3 is 2.72 bits per heavy atom. The highest BCUT2D eigenvalue weighted by Crippen LogP contribution is 2.29. The first-order valence-electron chi connectivity index (χ1n) is 9.59. The Bertz CT molecular complexity index is 1040. The molecule has 146 valence electrons. The fraction of sp³-hybridized carbons (Fsp3) is 0.190. The number of pyridine rings is 1. The molecule has 0 spiro atoms. The summed E-state index contributed by atoms with van der Waals surface area (Å²) in [4.78, 5) is 18.5. The Hall–Kier alpha value is -3.65. The van der Waals surface area contributed by atoms with E-state index < -0.39 is 0 Å². The van der Waals surface area contributed by atoms with Gasteiger partial charge in [-0.3, -0.25) is 19.7 Å². The van der Waals surface area contributed by atoms with Gasteiger partial charge in [0.2, 0.25) is 5.91 Å². The summed E-state index contributed by atoms with van der Waals surface area (Å²) in [5.74, 6) is 6.94. The minimum atomic E-state index is 0.131. The van der Waals surface area contributed by atoms with Crippen LogP contribution in [0, 0.1) is 0 Å². The molecule has 0 radical (unpaired) electrons. The molecule has 0 bridgehead atoms. The predicted molar refractivity (Wildman–Crippen MR) is 110 cm³/mol. The lowest BCUT2D eigenvalue weighted by Crippen LogP contribution is -2.34. The molecule has 1 amide bonds. The van der Waals surface area contributed by atoms with Crippen LogP contribution in [0.4, 0.5) is 5.82 Å². The first-order chi connectivity index (χ1) is 14.2. The van der Waals surface area contributed by atoms with Crippen LogP contribution in [0.1, 0.15) is 24.1 Å². The molecule has 29 heavy (non-hydrogen) atoms. The van der Waals surface area contributed by atoms with Gasteiger partial charge in [-0.15, -0.1) is 0 Å². The standard InChI is InChI=1S/C21H21N7O/c22-26-13-17(15-6-2-1-3-7-15)21-18(14-26)28(25-24-21)12-16-8-4-9-19(23-16)27-11-5-10-20(27)29/h1-4,6-9,13-14,25H,5,10-12,22H2. The van der Waals surface area contributed by atoms with E-state index in [9.17, 15) is 4.79 Å². The van der Waals surface area contributed by atoms with E-state index in [2.05, 4.69) is 15.6 Å². The summed E-state index contributed by atoms with van der Waals surface area (Å²) in [5, 5.41) is 7.97. The Kier molecular flexibility index (Phi) is 4.25. The quantitative estimate of drug-likeness (QED) is 0.780. The smallest absolute Gasteiger partial charge is 0.228 e. The van der Waals surface area contributed by atoms with Gasteiger partial charge in [-0.05, 0) is 24.1 Å². The number of anilines is 1. The average molecular weight is 387 g/mol. The van der Waals surface area contributed by atoms with Crippen LogP contribution in [-0.2, 0) is 11.3 Å². The number of carbonyl (C=O) groups excluding carboxylic acids is 1. The van der Waals surface area contributed by atoms with Crippen LogP contribution < -0.4 is 16.3 Å². The molecule has 1 fully saturated rings. The number of amides is 1. The van der Waals surface area contributed by atoms with Crippen LogP contribution in [0.2, 0.25) is 0 Å². The number of benzene rings is 1. The molecule has 5 rings (SSSR count). The zero-order chi connectivity index (χ0) is 19.8. The number of hydrazine groups is 2. The molecule has 8 heteroatoms. The average Bonchev–Trinajstić information content (AvgIpc) is 3.35. The molecule has 4 heterocycles. The monoisotopic (exact) mass is 387 g/mol. The third kappa shape index (κ3) is 3.23. The number of aromatic nitrogens is 1. The van der Waals surface area contributed by atoms with Crippen LogP contribution in [0.5, 0.6) is 0 Å². The van der Waals surface area contributed by atoms with E-state index in [1.165, 1.54) is 0 Å². The fourth-order valence-corrected chi connectivity index (χ4v) is 3.77. The van der Waals surface area contributed by atoms with Gasteiger partial charge >= 0.3 is 0 Å². The van der Waals surface area contributed by atoms with Crippen molar-refractivity contribution in [2.24, 2.45) is 10.9 Å². The maximum Gasteiger partial charge on any atom is 0.228 e. The lowest BCUT2D eigenvalue weighted by molar-refractivity contribution is -0.117. The topological polar surface area (TPSA) is 90.1 Å². The summed E-state index contributed by atoms with van der Waals surface area (Å²) < 4.78 is 0. The molecule has 3 aliphatic rings. The molecule has 3 N–H and O–H groups in total. The number of carbonyl (C=O) groups is 1. The number of nitrogens with zero attached hydrogens (tertiary/aromatic N) is 5. The lowest BCUT2D eigenvalue weighted by atomic mass is 9.98. The summed E-state index contributed by atoms with van der Waals surface area (Å²) >= 11 is 0. The molecule has 1 saturated heterocycles. The van der Waals surface area contributed by atoms with Gasteiger partial charge in [0.1, 0.15) is 17.2 Å². The van der Waals surface area contributed by atoms with Crippen molar-refractivity contribution < 1.29 is 4.79 Å². The van der Waals surface area contributed by atoms with Gasteiger partial charge in [0.05, 0.1) is 12.2 Å². The summed E-state index contributed by atoms with van der Waals surface area (Å²) in [5.41, 5.74) is 7.62. The summed E-state index contributed by atoms with van der Waals surface area (Å²) in [6.07, 6.45) is 5.16. The van der Waals surface area contributed by atoms with Crippen molar-refractivity contribution in [2.75, 3.05) is 11.4 Å². The molecule has 0 unspecified atom stereocenters. The molecule has 1 aromatic heterocycles. The van der Waals surface area contributed by atoms with Gasteiger partial charge in [-0.2, -0.15) is 5.10 Å². The third-order valence-electron chi connectivity index (χ3n) is 5.17. The molecule has 0 aliphatic carbocycles. The minimum absolute atomic E-state index is 0.131. The third-order valence-corrected chi connectivity index (χ3v) is 5.17. The zero-order valence-corrected chi connectivity index (χ0v) is 15.8. The second kappa shape index (κ2) is 7.06. The van der Waals surface area contributed by atoms with E-state index in [1.54, 1.807) is 9.91 Å². The minimum Gasteiger partial charge on any atom is -0.297 e. The second-order valence-electron chi connectivity index (χ2n) is 7.15. The van der Waals surface area contributed by atoms with Crippen LogP contribution in [-0.4, -0.2) is 33.2 Å². The highest BCUT2D eigenvalue weighted by Gasteiger charge is 2.30. The van der Waals surface area contributed by atoms with E-state index in [0.717, 1.165) is 41.2 Å². The van der Waals surface area contributed by atoms with Gasteiger partial charge in [0, 0.05) is 30.9 Å². The van der Waals surface area contributed by atoms with Gasteiger partial charge in [-0.1, -0.05) is 36.4 Å². The molecule has 3 aliphatic heterocycles. The molecular weight excluding hydrogens is 366 g/mol. The largest absolute Gasteiger partial charge is 0.297 e. The Morgan fingerprint density at radius 2 is 1.93 bits per heavy atom. The number of hydrazone groups is 1. The summed E-state index contributed by atoms with van der Waals surface area (Å²) in [6.45, 7) is 1.22. The van der Waals surface area contributed by atoms with Gasteiger partial charge < -0.3 is 0 Å². The van der Waals surface area contributed by atoms with E-state index >= 15 is 0 Å². The first kappa shape index (κ1) is 17.4. The highest BCUT2D eigenvalue weighted by molar-refractivity contribution is 6.32. The number of hydrogen-bond donors (Lipinski definition) is 2. The van der Waals surface area contributed by atoms with E-state index in [1.807, 2.05) is 65.9 Å². The van der Waals surface area contributed by atoms with Crippen LogP contribution in [0.15, 0.2) is 71.7 Å². The second-order valence-corrected chi connectivity index (χ2v) is 7.15. The number of nitrogens with one attached hydrogen (secondary N) is 1. The number of hydrogen-bond acceptors (Lipinski definition) is 7.